The van der Waals surface area contributed by atoms with Crippen LogP contribution in [0, 0.1) is 39.9 Å². The maximum Gasteiger partial charge on any atom is 0.317 e. The summed E-state index contributed by atoms with van der Waals surface area (Å²) >= 11 is 0. The van der Waals surface area contributed by atoms with Crippen molar-refractivity contribution in [2.45, 2.75) is 13.0 Å². The molecule has 29 heavy (non-hydrogen) atoms. The van der Waals surface area contributed by atoms with E-state index in [1.807, 2.05) is 11.8 Å². The van der Waals surface area contributed by atoms with Gasteiger partial charge in [-0.05, 0) is 6.92 Å². The number of aliphatic hydroxyl groups excluding tert-OH is 1. The molecule has 1 unspecified atom stereocenters. The molecule has 0 saturated carbocycles. The third-order valence-electron chi connectivity index (χ3n) is 4.84. The second-order valence-corrected chi connectivity index (χ2v) is 7.08. The number of hydrogen-bond acceptors (Lipinski definition) is 8. The summed E-state index contributed by atoms with van der Waals surface area (Å²) in [5, 5.41) is 36.9. The van der Waals surface area contributed by atoms with Crippen molar-refractivity contribution in [3.8, 4) is 0 Å². The van der Waals surface area contributed by atoms with Crippen molar-refractivity contribution in [1.82, 2.24) is 19.6 Å². The van der Waals surface area contributed by atoms with Crippen LogP contribution in [0.3, 0.4) is 0 Å². The van der Waals surface area contributed by atoms with Gasteiger partial charge in [-0.1, -0.05) is 0 Å². The zero-order valence-electron chi connectivity index (χ0n) is 16.7. The predicted molar refractivity (Wildman–Crippen MR) is 100 cm³/mol. The molecule has 0 bridgehead atoms. The molecule has 11 nitrogen and oxygen atoms in total. The van der Waals surface area contributed by atoms with Crippen LogP contribution in [0.4, 0.5) is 0 Å². The first-order valence-electron chi connectivity index (χ1n) is 9.38. The first-order valence-corrected chi connectivity index (χ1v) is 9.38. The Kier molecular flexibility index (Phi) is 15.1. The molecule has 170 valence electrons. The van der Waals surface area contributed by atoms with E-state index in [0.29, 0.717) is 52.4 Å². The van der Waals surface area contributed by atoms with Gasteiger partial charge in [0.05, 0.1) is 26.2 Å². The SMILES string of the molecule is CC(CO)N1CCN(CC(=O)O)CCN(CC(=O)O)CCN(CC(=O)O)CC1.[Gd]. The van der Waals surface area contributed by atoms with E-state index < -0.39 is 17.9 Å². The van der Waals surface area contributed by atoms with Crippen LogP contribution in [0.1, 0.15) is 6.92 Å². The predicted octanol–water partition coefficient (Wildman–Crippen LogP) is -2.16. The summed E-state index contributed by atoms with van der Waals surface area (Å²) in [6.07, 6.45) is 0. The molecule has 1 aliphatic heterocycles. The number of nitrogens with zero attached hydrogens (tertiary/aromatic N) is 4. The van der Waals surface area contributed by atoms with E-state index in [2.05, 4.69) is 0 Å². The van der Waals surface area contributed by atoms with Crippen LogP contribution >= 0.6 is 0 Å². The summed E-state index contributed by atoms with van der Waals surface area (Å²) in [6, 6.07) is -0.134. The Balaban J connectivity index is 0.00000784. The van der Waals surface area contributed by atoms with Gasteiger partial charge in [0.25, 0.3) is 0 Å². The molecule has 0 aromatic rings. The maximum absolute atomic E-state index is 11.2. The number of aliphatic hydroxyl groups is 1. The van der Waals surface area contributed by atoms with Crippen molar-refractivity contribution in [1.29, 1.82) is 0 Å². The first-order chi connectivity index (χ1) is 13.2. The van der Waals surface area contributed by atoms with Crippen molar-refractivity contribution < 1.29 is 74.8 Å². The van der Waals surface area contributed by atoms with Gasteiger partial charge in [0.2, 0.25) is 0 Å². The minimum Gasteiger partial charge on any atom is -0.480 e. The molecule has 1 fully saturated rings. The third kappa shape index (κ3) is 12.7. The average molecular weight is 562 g/mol. The van der Waals surface area contributed by atoms with Crippen LogP contribution < -0.4 is 0 Å². The molecular weight excluding hydrogens is 529 g/mol. The van der Waals surface area contributed by atoms with E-state index in [1.54, 1.807) is 14.7 Å². The molecule has 4 N–H and O–H groups in total. The van der Waals surface area contributed by atoms with Crippen molar-refractivity contribution >= 4 is 17.9 Å². The number of hydrogen-bond donors (Lipinski definition) is 4. The fraction of sp³-hybridized carbons (Fsp3) is 0.824. The molecule has 0 aromatic heterocycles. The Labute approximate surface area is 202 Å². The number of rotatable bonds is 8. The minimum absolute atomic E-state index is 0. The summed E-state index contributed by atoms with van der Waals surface area (Å²) in [7, 11) is 0. The summed E-state index contributed by atoms with van der Waals surface area (Å²) in [4.78, 5) is 40.7. The topological polar surface area (TPSA) is 145 Å². The average Bonchev–Trinajstić information content (AvgIpc) is 2.59. The van der Waals surface area contributed by atoms with Crippen LogP contribution in [-0.2, 0) is 14.4 Å². The van der Waals surface area contributed by atoms with E-state index in [4.69, 9.17) is 15.3 Å². The summed E-state index contributed by atoms with van der Waals surface area (Å²) < 4.78 is 0. The molecule has 1 saturated heterocycles. The molecule has 1 heterocycles. The second kappa shape index (κ2) is 15.4. The molecule has 0 amide bonds. The van der Waals surface area contributed by atoms with Crippen LogP contribution in [0.15, 0.2) is 0 Å². The maximum atomic E-state index is 11.2. The number of carboxylic acid groups (broad SMARTS) is 3. The van der Waals surface area contributed by atoms with Crippen molar-refractivity contribution in [2.75, 3.05) is 78.6 Å². The van der Waals surface area contributed by atoms with Crippen LogP contribution in [-0.4, -0.2) is 143 Å². The fourth-order valence-corrected chi connectivity index (χ4v) is 3.16. The van der Waals surface area contributed by atoms with Gasteiger partial charge in [0.15, 0.2) is 0 Å². The van der Waals surface area contributed by atoms with E-state index in [-0.39, 0.29) is 72.2 Å². The molecule has 0 aromatic carbocycles. The first kappa shape index (κ1) is 28.5. The Morgan fingerprint density at radius 1 is 0.690 bits per heavy atom. The van der Waals surface area contributed by atoms with Crippen molar-refractivity contribution in [2.24, 2.45) is 0 Å². The quantitative estimate of drug-likeness (QED) is 0.257. The van der Waals surface area contributed by atoms with E-state index in [1.165, 1.54) is 0 Å². The Hall–Kier alpha value is -0.465. The minimum atomic E-state index is -0.982. The standard InChI is InChI=1S/C17H32N4O7.Gd/c1-14(13-22)21-8-6-19(11-16(25)26)4-2-18(10-15(23)24)3-5-20(7-9-21)12-17(27)28;/h14,22H,2-13H2,1H3,(H,23,24)(H,25,26)(H,27,28);. The molecular formula is C17H32GdN4O7. The number of aliphatic carboxylic acids is 3. The second-order valence-electron chi connectivity index (χ2n) is 7.08. The fourth-order valence-electron chi connectivity index (χ4n) is 3.16. The molecule has 1 rings (SSSR count). The van der Waals surface area contributed by atoms with Gasteiger partial charge in [-0.3, -0.25) is 34.0 Å². The van der Waals surface area contributed by atoms with Crippen molar-refractivity contribution in [3.05, 3.63) is 0 Å². The summed E-state index contributed by atoms with van der Waals surface area (Å²) in [5.41, 5.74) is 0. The molecule has 1 atom stereocenters. The number of carbonyl (C=O) groups is 3. The molecule has 1 aliphatic rings. The normalized spacial score (nSPS) is 20.1. The van der Waals surface area contributed by atoms with Gasteiger partial charge in [-0.2, -0.15) is 0 Å². The van der Waals surface area contributed by atoms with E-state index >= 15 is 0 Å². The Morgan fingerprint density at radius 3 is 1.21 bits per heavy atom. The van der Waals surface area contributed by atoms with E-state index in [9.17, 15) is 19.5 Å². The van der Waals surface area contributed by atoms with Crippen LogP contribution in [0.25, 0.3) is 0 Å². The van der Waals surface area contributed by atoms with Crippen LogP contribution in [0.2, 0.25) is 0 Å². The largest absolute Gasteiger partial charge is 0.480 e. The van der Waals surface area contributed by atoms with Gasteiger partial charge < -0.3 is 20.4 Å². The van der Waals surface area contributed by atoms with Gasteiger partial charge >= 0.3 is 17.9 Å². The summed E-state index contributed by atoms with van der Waals surface area (Å²) in [6.45, 7) is 4.81. The molecule has 0 aliphatic carbocycles. The Morgan fingerprint density at radius 2 is 0.966 bits per heavy atom. The Bertz CT molecular complexity index is 494. The van der Waals surface area contributed by atoms with Gasteiger partial charge in [0, 0.05) is 98.3 Å². The van der Waals surface area contributed by atoms with Gasteiger partial charge in [-0.25, -0.2) is 0 Å². The van der Waals surface area contributed by atoms with Gasteiger partial charge in [-0.15, -0.1) is 0 Å². The number of carboxylic acids is 3. The van der Waals surface area contributed by atoms with Crippen LogP contribution in [0.5, 0.6) is 0 Å². The molecule has 12 heteroatoms. The molecule has 0 spiro atoms. The monoisotopic (exact) mass is 562 g/mol. The van der Waals surface area contributed by atoms with E-state index in [0.717, 1.165) is 0 Å². The van der Waals surface area contributed by atoms with Crippen molar-refractivity contribution in [3.63, 3.8) is 0 Å². The molecule has 0 radical (unpaired) electrons. The zero-order valence-corrected chi connectivity index (χ0v) is 19.0. The third-order valence-corrected chi connectivity index (χ3v) is 4.84. The zero-order chi connectivity index (χ0) is 21.1. The smallest absolute Gasteiger partial charge is 0.317 e. The van der Waals surface area contributed by atoms with Gasteiger partial charge in [0.1, 0.15) is 0 Å². The summed E-state index contributed by atoms with van der Waals surface area (Å²) in [5.74, 6) is -2.89.